The average Bonchev–Trinajstić information content (AvgIpc) is 3.39. The largest absolute Gasteiger partial charge is 0.490 e. The Hall–Kier alpha value is -2.27. The van der Waals surface area contributed by atoms with Crippen LogP contribution in [0.15, 0.2) is 18.6 Å². The molecule has 2 atom stereocenters. The SMILES string of the molecule is CCN1C[C@@H](COCC2CC2)[C@]2(CCN(C(=O)c3ccncn3)C2)C1.O=C(O)C(F)(F)F. The Bertz CT molecular complexity index is 791. The van der Waals surface area contributed by atoms with E-state index in [0.29, 0.717) is 11.6 Å². The molecular weight excluding hydrogens is 429 g/mol. The number of hydrogen-bond donors (Lipinski definition) is 1. The highest BCUT2D eigenvalue weighted by molar-refractivity contribution is 5.92. The van der Waals surface area contributed by atoms with Gasteiger partial charge in [0.15, 0.2) is 0 Å². The number of likely N-dealkylation sites (tertiary alicyclic amines) is 2. The Labute approximate surface area is 184 Å². The minimum atomic E-state index is -5.08. The molecule has 2 saturated heterocycles. The van der Waals surface area contributed by atoms with Crippen molar-refractivity contribution in [3.63, 3.8) is 0 Å². The van der Waals surface area contributed by atoms with Gasteiger partial charge >= 0.3 is 12.1 Å². The molecule has 2 aliphatic heterocycles. The minimum Gasteiger partial charge on any atom is -0.475 e. The number of carbonyl (C=O) groups is 2. The number of carboxylic acids is 1. The molecule has 32 heavy (non-hydrogen) atoms. The Balaban J connectivity index is 0.000000360. The molecule has 0 radical (unpaired) electrons. The number of alkyl halides is 3. The van der Waals surface area contributed by atoms with Crippen LogP contribution >= 0.6 is 0 Å². The van der Waals surface area contributed by atoms with Gasteiger partial charge in [0.1, 0.15) is 12.0 Å². The van der Waals surface area contributed by atoms with Gasteiger partial charge in [0.2, 0.25) is 0 Å². The molecule has 8 nitrogen and oxygen atoms in total. The van der Waals surface area contributed by atoms with Gasteiger partial charge in [0.05, 0.1) is 6.61 Å². The highest BCUT2D eigenvalue weighted by Gasteiger charge is 2.51. The van der Waals surface area contributed by atoms with Gasteiger partial charge in [-0.3, -0.25) is 4.79 Å². The second-order valence-electron chi connectivity index (χ2n) is 8.74. The summed E-state index contributed by atoms with van der Waals surface area (Å²) < 4.78 is 37.8. The fraction of sp³-hybridized carbons (Fsp3) is 0.714. The van der Waals surface area contributed by atoms with Crippen LogP contribution in [0.1, 0.15) is 36.7 Å². The molecule has 0 bridgehead atoms. The monoisotopic (exact) mass is 458 g/mol. The molecule has 1 spiro atoms. The summed E-state index contributed by atoms with van der Waals surface area (Å²) >= 11 is 0. The van der Waals surface area contributed by atoms with Crippen molar-refractivity contribution in [2.24, 2.45) is 17.3 Å². The van der Waals surface area contributed by atoms with E-state index < -0.39 is 12.1 Å². The van der Waals surface area contributed by atoms with E-state index in [1.807, 2.05) is 4.90 Å². The number of halogens is 3. The number of carbonyl (C=O) groups excluding carboxylic acids is 1. The van der Waals surface area contributed by atoms with E-state index in [9.17, 15) is 18.0 Å². The molecule has 11 heteroatoms. The predicted octanol–water partition coefficient (Wildman–Crippen LogP) is 2.32. The van der Waals surface area contributed by atoms with E-state index in [0.717, 1.165) is 58.3 Å². The van der Waals surface area contributed by atoms with Gasteiger partial charge in [0, 0.05) is 50.3 Å². The van der Waals surface area contributed by atoms with Crippen molar-refractivity contribution < 1.29 is 32.6 Å². The van der Waals surface area contributed by atoms with Crippen LogP contribution in [0.4, 0.5) is 13.2 Å². The van der Waals surface area contributed by atoms with E-state index in [1.54, 1.807) is 12.3 Å². The standard InChI is InChI=1S/C19H28N4O2.C2HF3O2/c1-2-22-9-16(11-25-10-15-3-4-15)19(12-22)6-8-23(13-19)18(24)17-5-7-20-14-21-17;3-2(4,5)1(6)7/h5,7,14-16H,2-4,6,8-13H2,1H3;(H,6,7)/t16-,19+;/m0./s1. The van der Waals surface area contributed by atoms with Crippen molar-refractivity contribution >= 4 is 11.9 Å². The zero-order chi connectivity index (χ0) is 23.4. The summed E-state index contributed by atoms with van der Waals surface area (Å²) in [5, 5.41) is 7.12. The number of carboxylic acid groups (broad SMARTS) is 1. The fourth-order valence-corrected chi connectivity index (χ4v) is 4.39. The second-order valence-corrected chi connectivity index (χ2v) is 8.74. The fourth-order valence-electron chi connectivity index (χ4n) is 4.39. The van der Waals surface area contributed by atoms with Gasteiger partial charge in [-0.25, -0.2) is 14.8 Å². The molecule has 3 heterocycles. The van der Waals surface area contributed by atoms with Crippen molar-refractivity contribution in [2.75, 3.05) is 45.9 Å². The van der Waals surface area contributed by atoms with Crippen molar-refractivity contribution in [3.05, 3.63) is 24.3 Å². The first kappa shape index (κ1) is 24.4. The second kappa shape index (κ2) is 10.1. The summed E-state index contributed by atoms with van der Waals surface area (Å²) in [5.74, 6) is -1.40. The number of hydrogen-bond acceptors (Lipinski definition) is 6. The zero-order valence-electron chi connectivity index (χ0n) is 18.1. The molecular formula is C21H29F3N4O4. The molecule has 1 aromatic rings. The zero-order valence-corrected chi connectivity index (χ0v) is 18.1. The lowest BCUT2D eigenvalue weighted by Gasteiger charge is -2.30. The molecule has 4 rings (SSSR count). The highest BCUT2D eigenvalue weighted by atomic mass is 19.4. The third-order valence-corrected chi connectivity index (χ3v) is 6.42. The van der Waals surface area contributed by atoms with Gasteiger partial charge < -0.3 is 19.6 Å². The Morgan fingerprint density at radius 1 is 1.28 bits per heavy atom. The van der Waals surface area contributed by atoms with E-state index >= 15 is 0 Å². The molecule has 1 amide bonds. The van der Waals surface area contributed by atoms with Crippen LogP contribution in [-0.4, -0.2) is 88.9 Å². The molecule has 1 N–H and O–H groups in total. The third-order valence-electron chi connectivity index (χ3n) is 6.42. The molecule has 1 saturated carbocycles. The summed E-state index contributed by atoms with van der Waals surface area (Å²) in [7, 11) is 0. The molecule has 3 fully saturated rings. The number of amides is 1. The summed E-state index contributed by atoms with van der Waals surface area (Å²) in [4.78, 5) is 34.2. The molecule has 1 aromatic heterocycles. The van der Waals surface area contributed by atoms with Gasteiger partial charge in [0.25, 0.3) is 5.91 Å². The van der Waals surface area contributed by atoms with Gasteiger partial charge in [-0.1, -0.05) is 6.92 Å². The smallest absolute Gasteiger partial charge is 0.475 e. The Morgan fingerprint density at radius 3 is 2.56 bits per heavy atom. The lowest BCUT2D eigenvalue weighted by molar-refractivity contribution is -0.192. The van der Waals surface area contributed by atoms with Crippen LogP contribution in [0.2, 0.25) is 0 Å². The topological polar surface area (TPSA) is 95.9 Å². The Kier molecular flexibility index (Phi) is 7.71. The first-order valence-electron chi connectivity index (χ1n) is 10.8. The highest BCUT2D eigenvalue weighted by Crippen LogP contribution is 2.44. The van der Waals surface area contributed by atoms with Gasteiger partial charge in [-0.15, -0.1) is 0 Å². The van der Waals surface area contributed by atoms with Crippen molar-refractivity contribution in [1.82, 2.24) is 19.8 Å². The van der Waals surface area contributed by atoms with E-state index in [-0.39, 0.29) is 11.3 Å². The predicted molar refractivity (Wildman–Crippen MR) is 108 cm³/mol. The lowest BCUT2D eigenvalue weighted by atomic mass is 9.77. The maximum atomic E-state index is 12.7. The van der Waals surface area contributed by atoms with Crippen molar-refractivity contribution in [2.45, 2.75) is 32.4 Å². The van der Waals surface area contributed by atoms with E-state index in [4.69, 9.17) is 14.6 Å². The van der Waals surface area contributed by atoms with Crippen LogP contribution in [0.3, 0.4) is 0 Å². The summed E-state index contributed by atoms with van der Waals surface area (Å²) in [6.45, 7) is 8.86. The van der Waals surface area contributed by atoms with Crippen molar-refractivity contribution in [1.29, 1.82) is 0 Å². The van der Waals surface area contributed by atoms with Crippen LogP contribution in [0.25, 0.3) is 0 Å². The van der Waals surface area contributed by atoms with Crippen LogP contribution < -0.4 is 0 Å². The number of rotatable bonds is 6. The molecule has 3 aliphatic rings. The minimum absolute atomic E-state index is 0.0341. The summed E-state index contributed by atoms with van der Waals surface area (Å²) in [6, 6.07) is 1.70. The van der Waals surface area contributed by atoms with Crippen LogP contribution in [0.5, 0.6) is 0 Å². The normalized spacial score (nSPS) is 25.6. The van der Waals surface area contributed by atoms with E-state index in [1.165, 1.54) is 19.2 Å². The molecule has 178 valence electrons. The number of aromatic nitrogens is 2. The quantitative estimate of drug-likeness (QED) is 0.699. The summed E-state index contributed by atoms with van der Waals surface area (Å²) in [6.07, 6.45) is 1.73. The van der Waals surface area contributed by atoms with Crippen LogP contribution in [0, 0.1) is 17.3 Å². The van der Waals surface area contributed by atoms with Gasteiger partial charge in [-0.2, -0.15) is 13.2 Å². The molecule has 0 unspecified atom stereocenters. The van der Waals surface area contributed by atoms with E-state index in [2.05, 4.69) is 21.8 Å². The molecule has 1 aliphatic carbocycles. The lowest BCUT2D eigenvalue weighted by Crippen LogP contribution is -2.38. The third kappa shape index (κ3) is 6.16. The van der Waals surface area contributed by atoms with Crippen molar-refractivity contribution in [3.8, 4) is 0 Å². The maximum Gasteiger partial charge on any atom is 0.490 e. The number of ether oxygens (including phenoxy) is 1. The molecule has 0 aromatic carbocycles. The maximum absolute atomic E-state index is 12.7. The van der Waals surface area contributed by atoms with Crippen LogP contribution in [-0.2, 0) is 9.53 Å². The number of aliphatic carboxylic acids is 1. The first-order chi connectivity index (χ1) is 15.1. The Morgan fingerprint density at radius 2 is 2.00 bits per heavy atom. The average molecular weight is 458 g/mol. The van der Waals surface area contributed by atoms with Gasteiger partial charge in [-0.05, 0) is 37.8 Å². The first-order valence-corrected chi connectivity index (χ1v) is 10.8. The summed E-state index contributed by atoms with van der Waals surface area (Å²) in [5.41, 5.74) is 0.682. The number of nitrogens with zero attached hydrogens (tertiary/aromatic N) is 4.